The van der Waals surface area contributed by atoms with E-state index >= 15 is 0 Å². The summed E-state index contributed by atoms with van der Waals surface area (Å²) >= 11 is 0. The van der Waals surface area contributed by atoms with E-state index in [-0.39, 0.29) is 5.82 Å². The van der Waals surface area contributed by atoms with Crippen LogP contribution >= 0.6 is 0 Å². The van der Waals surface area contributed by atoms with Gasteiger partial charge < -0.3 is 4.98 Å². The molecule has 3 rings (SSSR count). The number of hydrogen-bond donors (Lipinski definition) is 2. The van der Waals surface area contributed by atoms with Crippen molar-refractivity contribution in [1.29, 1.82) is 0 Å². The number of fused-ring (bicyclic) bond motifs is 1. The average Bonchev–Trinajstić information content (AvgIpc) is 2.89. The van der Waals surface area contributed by atoms with Crippen LogP contribution in [0.15, 0.2) is 24.4 Å². The number of aromatic nitrogens is 5. The second-order valence-electron chi connectivity index (χ2n) is 3.51. The summed E-state index contributed by atoms with van der Waals surface area (Å²) in [5.74, 6) is 0.366. The largest absolute Gasteiger partial charge is 0.361 e. The first-order valence-corrected chi connectivity index (χ1v) is 4.81. The summed E-state index contributed by atoms with van der Waals surface area (Å²) in [7, 11) is 0. The molecular weight excluding hydrogens is 209 g/mol. The molecule has 3 aromatic rings. The van der Waals surface area contributed by atoms with Gasteiger partial charge in [-0.15, -0.1) is 10.2 Å². The van der Waals surface area contributed by atoms with Crippen LogP contribution in [0.25, 0.3) is 10.9 Å². The van der Waals surface area contributed by atoms with E-state index in [2.05, 4.69) is 25.6 Å². The van der Waals surface area contributed by atoms with E-state index in [4.69, 9.17) is 0 Å². The van der Waals surface area contributed by atoms with Crippen molar-refractivity contribution in [2.45, 2.75) is 6.42 Å². The Morgan fingerprint density at radius 3 is 3.06 bits per heavy atom. The molecule has 0 aliphatic rings. The molecule has 5 nitrogen and oxygen atoms in total. The quantitative estimate of drug-likeness (QED) is 0.681. The van der Waals surface area contributed by atoms with Gasteiger partial charge in [-0.2, -0.15) is 5.21 Å². The highest BCUT2D eigenvalue weighted by atomic mass is 19.1. The average molecular weight is 217 g/mol. The number of nitrogens with one attached hydrogen (secondary N) is 2. The molecule has 1 aromatic carbocycles. The van der Waals surface area contributed by atoms with Crippen LogP contribution in [-0.4, -0.2) is 25.6 Å². The van der Waals surface area contributed by atoms with Crippen molar-refractivity contribution in [3.8, 4) is 0 Å². The van der Waals surface area contributed by atoms with Crippen LogP contribution < -0.4 is 0 Å². The third kappa shape index (κ3) is 1.44. The van der Waals surface area contributed by atoms with Crippen molar-refractivity contribution in [1.82, 2.24) is 25.6 Å². The molecule has 0 bridgehead atoms. The van der Waals surface area contributed by atoms with Gasteiger partial charge in [0.25, 0.3) is 0 Å². The van der Waals surface area contributed by atoms with Crippen LogP contribution in [0.1, 0.15) is 11.4 Å². The molecule has 0 spiro atoms. The predicted molar refractivity (Wildman–Crippen MR) is 55.2 cm³/mol. The van der Waals surface area contributed by atoms with E-state index in [1.165, 1.54) is 12.1 Å². The zero-order chi connectivity index (χ0) is 11.0. The van der Waals surface area contributed by atoms with Gasteiger partial charge in [-0.05, 0) is 23.8 Å². The van der Waals surface area contributed by atoms with Crippen molar-refractivity contribution in [3.63, 3.8) is 0 Å². The van der Waals surface area contributed by atoms with Gasteiger partial charge in [0.05, 0.1) is 0 Å². The van der Waals surface area contributed by atoms with Gasteiger partial charge in [-0.25, -0.2) is 4.39 Å². The molecule has 0 atom stereocenters. The van der Waals surface area contributed by atoms with E-state index in [0.29, 0.717) is 12.2 Å². The standard InChI is InChI=1S/C10H8FN5/c11-7-1-2-8-6(5-12-9(8)4-7)3-10-13-15-16-14-10/h1-2,4-5,12H,3H2,(H,13,14,15,16). The lowest BCUT2D eigenvalue weighted by Gasteiger charge is -1.94. The maximum atomic E-state index is 13.0. The van der Waals surface area contributed by atoms with E-state index in [1.54, 1.807) is 6.07 Å². The molecular formula is C10H8FN5. The lowest BCUT2D eigenvalue weighted by Crippen LogP contribution is -1.89. The topological polar surface area (TPSA) is 70.2 Å². The van der Waals surface area contributed by atoms with E-state index in [1.807, 2.05) is 6.20 Å². The zero-order valence-corrected chi connectivity index (χ0v) is 8.24. The van der Waals surface area contributed by atoms with Gasteiger partial charge >= 0.3 is 0 Å². The molecule has 0 saturated heterocycles. The second kappa shape index (κ2) is 3.41. The first kappa shape index (κ1) is 9.02. The van der Waals surface area contributed by atoms with Crippen molar-refractivity contribution < 1.29 is 4.39 Å². The number of nitrogens with zero attached hydrogens (tertiary/aromatic N) is 3. The molecule has 2 aromatic heterocycles. The monoisotopic (exact) mass is 217 g/mol. The smallest absolute Gasteiger partial charge is 0.178 e. The Hall–Kier alpha value is -2.24. The van der Waals surface area contributed by atoms with E-state index in [9.17, 15) is 4.39 Å². The minimum Gasteiger partial charge on any atom is -0.361 e. The summed E-state index contributed by atoms with van der Waals surface area (Å²) in [6.45, 7) is 0. The fourth-order valence-electron chi connectivity index (χ4n) is 1.73. The predicted octanol–water partition coefficient (Wildman–Crippen LogP) is 1.41. The summed E-state index contributed by atoms with van der Waals surface area (Å²) in [5, 5.41) is 14.6. The van der Waals surface area contributed by atoms with Crippen LogP contribution in [0.3, 0.4) is 0 Å². The summed E-state index contributed by atoms with van der Waals surface area (Å²) in [5.41, 5.74) is 1.80. The van der Waals surface area contributed by atoms with Gasteiger partial charge in [0.1, 0.15) is 5.82 Å². The molecule has 80 valence electrons. The number of aromatic amines is 2. The second-order valence-corrected chi connectivity index (χ2v) is 3.51. The molecule has 2 N–H and O–H groups in total. The van der Waals surface area contributed by atoms with E-state index in [0.717, 1.165) is 16.5 Å². The maximum absolute atomic E-state index is 13.0. The van der Waals surface area contributed by atoms with Crippen LogP contribution in [0, 0.1) is 5.82 Å². The number of hydrogen-bond acceptors (Lipinski definition) is 3. The summed E-state index contributed by atoms with van der Waals surface area (Å²) in [6, 6.07) is 4.65. The highest BCUT2D eigenvalue weighted by Gasteiger charge is 2.07. The number of H-pyrrole nitrogens is 2. The number of tetrazole rings is 1. The Morgan fingerprint density at radius 1 is 1.31 bits per heavy atom. The molecule has 0 saturated carbocycles. The minimum atomic E-state index is -0.250. The summed E-state index contributed by atoms with van der Waals surface area (Å²) in [6.07, 6.45) is 2.41. The Labute approximate surface area is 89.7 Å². The Balaban J connectivity index is 2.04. The molecule has 0 unspecified atom stereocenters. The third-order valence-corrected chi connectivity index (χ3v) is 2.47. The molecule has 0 aliphatic carbocycles. The molecule has 0 aliphatic heterocycles. The van der Waals surface area contributed by atoms with E-state index < -0.39 is 0 Å². The minimum absolute atomic E-state index is 0.250. The number of halogens is 1. The number of benzene rings is 1. The van der Waals surface area contributed by atoms with Crippen LogP contribution in [0.5, 0.6) is 0 Å². The first-order chi connectivity index (χ1) is 7.83. The SMILES string of the molecule is Fc1ccc2c(Cc3nn[nH]n3)c[nH]c2c1. The summed E-state index contributed by atoms with van der Waals surface area (Å²) < 4.78 is 13.0. The van der Waals surface area contributed by atoms with Crippen molar-refractivity contribution >= 4 is 10.9 Å². The summed E-state index contributed by atoms with van der Waals surface area (Å²) in [4.78, 5) is 3.02. The van der Waals surface area contributed by atoms with Gasteiger partial charge in [-0.1, -0.05) is 5.21 Å². The third-order valence-electron chi connectivity index (χ3n) is 2.47. The fraction of sp³-hybridized carbons (Fsp3) is 0.100. The zero-order valence-electron chi connectivity index (χ0n) is 8.24. The highest BCUT2D eigenvalue weighted by molar-refractivity contribution is 5.83. The normalized spacial score (nSPS) is 11.1. The number of rotatable bonds is 2. The lowest BCUT2D eigenvalue weighted by molar-refractivity contribution is 0.629. The fourth-order valence-corrected chi connectivity index (χ4v) is 1.73. The van der Waals surface area contributed by atoms with Gasteiger partial charge in [0.15, 0.2) is 5.82 Å². The van der Waals surface area contributed by atoms with Crippen LogP contribution in [-0.2, 0) is 6.42 Å². The van der Waals surface area contributed by atoms with Crippen molar-refractivity contribution in [3.05, 3.63) is 41.6 Å². The Kier molecular flexibility index (Phi) is 1.92. The van der Waals surface area contributed by atoms with Gasteiger partial charge in [-0.3, -0.25) is 0 Å². The molecule has 6 heteroatoms. The Bertz CT molecular complexity index is 613. The molecule has 0 fully saturated rings. The molecule has 16 heavy (non-hydrogen) atoms. The maximum Gasteiger partial charge on any atom is 0.178 e. The molecule has 2 heterocycles. The Morgan fingerprint density at radius 2 is 2.25 bits per heavy atom. The van der Waals surface area contributed by atoms with Gasteiger partial charge in [0, 0.05) is 23.5 Å². The highest BCUT2D eigenvalue weighted by Crippen LogP contribution is 2.20. The van der Waals surface area contributed by atoms with Crippen LogP contribution in [0.2, 0.25) is 0 Å². The van der Waals surface area contributed by atoms with Crippen LogP contribution in [0.4, 0.5) is 4.39 Å². The first-order valence-electron chi connectivity index (χ1n) is 4.81. The lowest BCUT2D eigenvalue weighted by atomic mass is 10.1. The molecule has 0 amide bonds. The van der Waals surface area contributed by atoms with Crippen molar-refractivity contribution in [2.75, 3.05) is 0 Å². The molecule has 0 radical (unpaired) electrons. The van der Waals surface area contributed by atoms with Crippen molar-refractivity contribution in [2.24, 2.45) is 0 Å². The van der Waals surface area contributed by atoms with Gasteiger partial charge in [0.2, 0.25) is 0 Å².